The standard InChI is InChI=1S/C26H32N4O7S/c1-5-20(25-19-14-22(35-2)23(36-3)15-21(19)28-26(25)32)27-17-6-8-18(9-7-17)30(38(4,33)34)16-24(31)29-10-12-37-13-11-29/h6-9,14-15,25H,5,10-13,16H2,1-4H3,(H,28,32). The number of anilines is 2. The monoisotopic (exact) mass is 544 g/mol. The lowest BCUT2D eigenvalue weighted by Gasteiger charge is -2.30. The van der Waals surface area contributed by atoms with Gasteiger partial charge in [0.1, 0.15) is 12.5 Å². The molecule has 0 radical (unpaired) electrons. The van der Waals surface area contributed by atoms with Crippen molar-refractivity contribution in [2.24, 2.45) is 4.99 Å². The minimum absolute atomic E-state index is 0.197. The van der Waals surface area contributed by atoms with E-state index in [4.69, 9.17) is 19.2 Å². The van der Waals surface area contributed by atoms with Crippen LogP contribution < -0.4 is 19.1 Å². The lowest BCUT2D eigenvalue weighted by molar-refractivity contribution is -0.133. The number of rotatable bonds is 9. The third kappa shape index (κ3) is 5.76. The summed E-state index contributed by atoms with van der Waals surface area (Å²) in [5.41, 5.74) is 2.94. The maximum atomic E-state index is 12.9. The van der Waals surface area contributed by atoms with Gasteiger partial charge in [-0.3, -0.25) is 18.9 Å². The number of morpholine rings is 1. The number of fused-ring (bicyclic) bond motifs is 1. The second-order valence-electron chi connectivity index (χ2n) is 8.95. The van der Waals surface area contributed by atoms with E-state index in [0.717, 1.165) is 16.1 Å². The second-order valence-corrected chi connectivity index (χ2v) is 10.9. The van der Waals surface area contributed by atoms with E-state index in [1.165, 1.54) is 14.2 Å². The molecule has 1 atom stereocenters. The van der Waals surface area contributed by atoms with Crippen LogP contribution in [0, 0.1) is 0 Å². The highest BCUT2D eigenvalue weighted by Crippen LogP contribution is 2.42. The molecule has 2 aromatic carbocycles. The van der Waals surface area contributed by atoms with Crippen LogP contribution in [0.15, 0.2) is 41.4 Å². The van der Waals surface area contributed by atoms with Gasteiger partial charge in [-0.1, -0.05) is 6.92 Å². The number of aliphatic imine (C=N–C) groups is 1. The molecular weight excluding hydrogens is 512 g/mol. The molecule has 38 heavy (non-hydrogen) atoms. The molecule has 2 aromatic rings. The molecule has 11 nitrogen and oxygen atoms in total. The van der Waals surface area contributed by atoms with Crippen molar-refractivity contribution in [1.82, 2.24) is 4.90 Å². The number of sulfonamides is 1. The number of benzene rings is 2. The Hall–Kier alpha value is -3.64. The molecular formula is C26H32N4O7S. The van der Waals surface area contributed by atoms with E-state index >= 15 is 0 Å². The molecule has 1 fully saturated rings. The highest BCUT2D eigenvalue weighted by molar-refractivity contribution is 7.92. The third-order valence-corrected chi connectivity index (χ3v) is 7.68. The number of carbonyl (C=O) groups excluding carboxylic acids is 2. The summed E-state index contributed by atoms with van der Waals surface area (Å²) in [5.74, 6) is -0.0574. The van der Waals surface area contributed by atoms with Crippen LogP contribution in [-0.2, 0) is 24.3 Å². The maximum absolute atomic E-state index is 12.9. The summed E-state index contributed by atoms with van der Waals surface area (Å²) < 4.78 is 42.2. The molecule has 1 N–H and O–H groups in total. The van der Waals surface area contributed by atoms with Crippen molar-refractivity contribution >= 4 is 44.6 Å². The van der Waals surface area contributed by atoms with Crippen LogP contribution in [0.25, 0.3) is 0 Å². The first-order chi connectivity index (χ1) is 18.2. The molecule has 4 rings (SSSR count). The number of nitrogens with one attached hydrogen (secondary N) is 1. The fourth-order valence-electron chi connectivity index (χ4n) is 4.56. The Morgan fingerprint density at radius 1 is 1.13 bits per heavy atom. The van der Waals surface area contributed by atoms with Crippen LogP contribution in [0.4, 0.5) is 17.1 Å². The predicted octanol–water partition coefficient (Wildman–Crippen LogP) is 2.55. The van der Waals surface area contributed by atoms with Crippen molar-refractivity contribution in [2.45, 2.75) is 19.3 Å². The van der Waals surface area contributed by atoms with Crippen molar-refractivity contribution in [3.05, 3.63) is 42.0 Å². The summed E-state index contributed by atoms with van der Waals surface area (Å²) >= 11 is 0. The van der Waals surface area contributed by atoms with Crippen LogP contribution in [0.1, 0.15) is 24.8 Å². The topological polar surface area (TPSA) is 127 Å². The molecule has 12 heteroatoms. The van der Waals surface area contributed by atoms with Gasteiger partial charge in [-0.15, -0.1) is 0 Å². The zero-order chi connectivity index (χ0) is 27.4. The van der Waals surface area contributed by atoms with Crippen molar-refractivity contribution < 1.29 is 32.2 Å². The number of nitrogens with zero attached hydrogens (tertiary/aromatic N) is 3. The largest absolute Gasteiger partial charge is 0.493 e. The van der Waals surface area contributed by atoms with Crippen LogP contribution in [0.2, 0.25) is 0 Å². The van der Waals surface area contributed by atoms with Gasteiger partial charge in [0.2, 0.25) is 21.8 Å². The van der Waals surface area contributed by atoms with Gasteiger partial charge in [0, 0.05) is 30.6 Å². The summed E-state index contributed by atoms with van der Waals surface area (Å²) in [6, 6.07) is 10.1. The molecule has 0 aromatic heterocycles. The van der Waals surface area contributed by atoms with Gasteiger partial charge in [-0.2, -0.15) is 0 Å². The summed E-state index contributed by atoms with van der Waals surface area (Å²) in [5, 5.41) is 2.89. The van der Waals surface area contributed by atoms with Gasteiger partial charge < -0.3 is 24.4 Å². The quantitative estimate of drug-likeness (QED) is 0.481. The Morgan fingerprint density at radius 3 is 2.34 bits per heavy atom. The Balaban J connectivity index is 1.59. The van der Waals surface area contributed by atoms with Gasteiger partial charge >= 0.3 is 0 Å². The van der Waals surface area contributed by atoms with Crippen LogP contribution in [0.3, 0.4) is 0 Å². The van der Waals surface area contributed by atoms with Crippen molar-refractivity contribution in [2.75, 3.05) is 62.9 Å². The van der Waals surface area contributed by atoms with E-state index in [-0.39, 0.29) is 18.4 Å². The first-order valence-corrected chi connectivity index (χ1v) is 14.1. The fraction of sp³-hybridized carbons (Fsp3) is 0.423. The first kappa shape index (κ1) is 27.4. The van der Waals surface area contributed by atoms with Crippen LogP contribution in [-0.4, -0.2) is 84.2 Å². The van der Waals surface area contributed by atoms with E-state index in [2.05, 4.69) is 5.32 Å². The van der Waals surface area contributed by atoms with Crippen molar-refractivity contribution in [1.29, 1.82) is 0 Å². The second kappa shape index (κ2) is 11.4. The molecule has 1 saturated heterocycles. The van der Waals surface area contributed by atoms with E-state index < -0.39 is 15.9 Å². The Labute approximate surface area is 222 Å². The fourth-order valence-corrected chi connectivity index (χ4v) is 5.41. The number of hydrogen-bond acceptors (Lipinski definition) is 8. The normalized spacial score (nSPS) is 17.6. The average molecular weight is 545 g/mol. The molecule has 0 spiro atoms. The van der Waals surface area contributed by atoms with E-state index in [1.807, 2.05) is 6.92 Å². The number of ether oxygens (including phenoxy) is 3. The molecule has 2 heterocycles. The Bertz CT molecular complexity index is 1340. The summed E-state index contributed by atoms with van der Waals surface area (Å²) in [4.78, 5) is 32.0. The Kier molecular flexibility index (Phi) is 8.22. The number of methoxy groups -OCH3 is 2. The van der Waals surface area contributed by atoms with Crippen LogP contribution in [0.5, 0.6) is 11.5 Å². The summed E-state index contributed by atoms with van der Waals surface area (Å²) in [6.07, 6.45) is 1.58. The lowest BCUT2D eigenvalue weighted by Crippen LogP contribution is -2.47. The minimum atomic E-state index is -3.71. The molecule has 0 bridgehead atoms. The van der Waals surface area contributed by atoms with Gasteiger partial charge in [-0.05, 0) is 42.3 Å². The van der Waals surface area contributed by atoms with Crippen molar-refractivity contribution in [3.8, 4) is 11.5 Å². The van der Waals surface area contributed by atoms with Gasteiger partial charge in [-0.25, -0.2) is 8.42 Å². The maximum Gasteiger partial charge on any atom is 0.243 e. The summed E-state index contributed by atoms with van der Waals surface area (Å²) in [7, 11) is -0.647. The number of hydrogen-bond donors (Lipinski definition) is 1. The van der Waals surface area contributed by atoms with E-state index in [0.29, 0.717) is 67.0 Å². The minimum Gasteiger partial charge on any atom is -0.493 e. The van der Waals surface area contributed by atoms with Gasteiger partial charge in [0.25, 0.3) is 0 Å². The van der Waals surface area contributed by atoms with E-state index in [9.17, 15) is 18.0 Å². The predicted molar refractivity (Wildman–Crippen MR) is 144 cm³/mol. The lowest BCUT2D eigenvalue weighted by atomic mass is 9.93. The SMILES string of the molecule is CCC(=Nc1ccc(N(CC(=O)N2CCOCC2)S(C)(=O)=O)cc1)C1C(=O)Nc2cc(OC)c(OC)cc21. The smallest absolute Gasteiger partial charge is 0.243 e. The molecule has 0 aliphatic carbocycles. The molecule has 204 valence electrons. The van der Waals surface area contributed by atoms with Gasteiger partial charge in [0.15, 0.2) is 11.5 Å². The van der Waals surface area contributed by atoms with Crippen LogP contribution >= 0.6 is 0 Å². The Morgan fingerprint density at radius 2 is 1.76 bits per heavy atom. The third-order valence-electron chi connectivity index (χ3n) is 6.54. The first-order valence-electron chi connectivity index (χ1n) is 12.2. The summed E-state index contributed by atoms with van der Waals surface area (Å²) in [6.45, 7) is 3.34. The number of amides is 2. The molecule has 1 unspecified atom stereocenters. The highest BCUT2D eigenvalue weighted by Gasteiger charge is 2.35. The zero-order valence-electron chi connectivity index (χ0n) is 21.9. The molecule has 2 amide bonds. The molecule has 2 aliphatic heterocycles. The molecule has 0 saturated carbocycles. The highest BCUT2D eigenvalue weighted by atomic mass is 32.2. The van der Waals surface area contributed by atoms with Crippen molar-refractivity contribution in [3.63, 3.8) is 0 Å². The molecule has 2 aliphatic rings. The van der Waals surface area contributed by atoms with E-state index in [1.54, 1.807) is 41.3 Å². The zero-order valence-corrected chi connectivity index (χ0v) is 22.7. The number of carbonyl (C=O) groups is 2. The average Bonchev–Trinajstić information content (AvgIpc) is 3.24. The van der Waals surface area contributed by atoms with Gasteiger partial charge in [0.05, 0.1) is 45.1 Å².